The van der Waals surface area contributed by atoms with Crippen LogP contribution in [0.1, 0.15) is 10.6 Å². The Bertz CT molecular complexity index is 812. The maximum absolute atomic E-state index is 5.71. The lowest BCUT2D eigenvalue weighted by molar-refractivity contribution is 0.122. The summed E-state index contributed by atoms with van der Waals surface area (Å²) in [4.78, 5) is 15.1. The van der Waals surface area contributed by atoms with Crippen LogP contribution in [0.25, 0.3) is 10.6 Å². The van der Waals surface area contributed by atoms with Crippen molar-refractivity contribution in [3.05, 3.63) is 52.5 Å². The van der Waals surface area contributed by atoms with Gasteiger partial charge in [-0.3, -0.25) is 9.80 Å². The van der Waals surface area contributed by atoms with Crippen molar-refractivity contribution in [1.29, 1.82) is 0 Å². The Hall–Kier alpha value is -1.51. The van der Waals surface area contributed by atoms with Gasteiger partial charge in [0, 0.05) is 61.3 Å². The van der Waals surface area contributed by atoms with Crippen molar-refractivity contribution in [1.82, 2.24) is 19.8 Å². The molecule has 0 saturated carbocycles. The van der Waals surface area contributed by atoms with Crippen molar-refractivity contribution in [2.45, 2.75) is 13.1 Å². The van der Waals surface area contributed by atoms with E-state index in [0.29, 0.717) is 5.13 Å². The maximum atomic E-state index is 5.71. The van der Waals surface area contributed by atoms with Crippen LogP contribution in [-0.4, -0.2) is 45.9 Å². The molecule has 0 amide bonds. The number of aromatic nitrogens is 2. The minimum Gasteiger partial charge on any atom is -0.375 e. The van der Waals surface area contributed by atoms with Crippen molar-refractivity contribution >= 4 is 40.2 Å². The SMILES string of the molecule is Cl.Nc1ncc(CN2CCN(Cc3csc(-c4ccccc4)n3)CC2)s1. The van der Waals surface area contributed by atoms with Crippen molar-refractivity contribution < 1.29 is 0 Å². The lowest BCUT2D eigenvalue weighted by Gasteiger charge is -2.33. The fourth-order valence-electron chi connectivity index (χ4n) is 3.04. The van der Waals surface area contributed by atoms with Gasteiger partial charge in [0.15, 0.2) is 5.13 Å². The number of hydrogen-bond donors (Lipinski definition) is 1. The minimum absolute atomic E-state index is 0. The normalized spacial score (nSPS) is 15.7. The van der Waals surface area contributed by atoms with E-state index in [2.05, 4.69) is 44.4 Å². The highest BCUT2D eigenvalue weighted by molar-refractivity contribution is 7.15. The van der Waals surface area contributed by atoms with Crippen LogP contribution in [0.5, 0.6) is 0 Å². The lowest BCUT2D eigenvalue weighted by atomic mass is 10.2. The van der Waals surface area contributed by atoms with Gasteiger partial charge in [0.25, 0.3) is 0 Å². The molecule has 2 aromatic heterocycles. The highest BCUT2D eigenvalue weighted by Gasteiger charge is 2.18. The molecule has 1 aliphatic rings. The first kappa shape index (κ1) is 19.3. The van der Waals surface area contributed by atoms with Gasteiger partial charge < -0.3 is 5.73 Å². The van der Waals surface area contributed by atoms with Crippen molar-refractivity contribution in [3.63, 3.8) is 0 Å². The van der Waals surface area contributed by atoms with Gasteiger partial charge in [-0.05, 0) is 0 Å². The second-order valence-electron chi connectivity index (χ2n) is 6.23. The van der Waals surface area contributed by atoms with Gasteiger partial charge in [-0.25, -0.2) is 9.97 Å². The molecule has 5 nitrogen and oxygen atoms in total. The molecular formula is C18H22ClN5S2. The quantitative estimate of drug-likeness (QED) is 0.700. The van der Waals surface area contributed by atoms with Crippen LogP contribution in [-0.2, 0) is 13.1 Å². The van der Waals surface area contributed by atoms with Crippen LogP contribution >= 0.6 is 35.1 Å². The smallest absolute Gasteiger partial charge is 0.180 e. The zero-order valence-electron chi connectivity index (χ0n) is 14.4. The molecule has 4 rings (SSSR count). The van der Waals surface area contributed by atoms with Crippen LogP contribution in [0.4, 0.5) is 5.13 Å². The molecule has 0 aliphatic carbocycles. The first-order valence-corrected chi connectivity index (χ1v) is 10.1. The molecule has 1 aliphatic heterocycles. The largest absolute Gasteiger partial charge is 0.375 e. The first-order chi connectivity index (χ1) is 12.3. The van der Waals surface area contributed by atoms with Crippen molar-refractivity contribution in [2.24, 2.45) is 0 Å². The molecule has 1 aromatic carbocycles. The second kappa shape index (κ2) is 8.92. The number of anilines is 1. The van der Waals surface area contributed by atoms with E-state index in [1.165, 1.54) is 16.1 Å². The van der Waals surface area contributed by atoms with E-state index in [0.717, 1.165) is 44.3 Å². The van der Waals surface area contributed by atoms with Gasteiger partial charge in [-0.15, -0.1) is 35.1 Å². The Morgan fingerprint density at radius 1 is 1.00 bits per heavy atom. The molecule has 3 aromatic rings. The topological polar surface area (TPSA) is 58.3 Å². The maximum Gasteiger partial charge on any atom is 0.180 e. The zero-order chi connectivity index (χ0) is 17.1. The predicted octanol–water partition coefficient (Wildman–Crippen LogP) is 3.59. The van der Waals surface area contributed by atoms with Crippen LogP contribution < -0.4 is 5.73 Å². The molecule has 2 N–H and O–H groups in total. The third-order valence-corrected chi connectivity index (χ3v) is 6.13. The first-order valence-electron chi connectivity index (χ1n) is 8.41. The molecule has 1 saturated heterocycles. The van der Waals surface area contributed by atoms with E-state index in [1.54, 1.807) is 22.7 Å². The number of nitrogens with two attached hydrogens (primary N) is 1. The second-order valence-corrected chi connectivity index (χ2v) is 8.23. The monoisotopic (exact) mass is 407 g/mol. The Kier molecular flexibility index (Phi) is 6.61. The summed E-state index contributed by atoms with van der Waals surface area (Å²) in [7, 11) is 0. The summed E-state index contributed by atoms with van der Waals surface area (Å²) in [6, 6.07) is 10.4. The Labute approximate surface area is 167 Å². The number of nitrogen functional groups attached to an aromatic ring is 1. The molecular weight excluding hydrogens is 386 g/mol. The minimum atomic E-state index is 0. The summed E-state index contributed by atoms with van der Waals surface area (Å²) in [6.45, 7) is 6.20. The molecule has 26 heavy (non-hydrogen) atoms. The number of thiazole rings is 2. The average molecular weight is 408 g/mol. The molecule has 138 valence electrons. The highest BCUT2D eigenvalue weighted by Crippen LogP contribution is 2.24. The molecule has 1 fully saturated rings. The van der Waals surface area contributed by atoms with Crippen LogP contribution in [0.3, 0.4) is 0 Å². The van der Waals surface area contributed by atoms with E-state index in [9.17, 15) is 0 Å². The van der Waals surface area contributed by atoms with E-state index < -0.39 is 0 Å². The summed E-state index contributed by atoms with van der Waals surface area (Å²) in [5.41, 5.74) is 8.09. The Morgan fingerprint density at radius 3 is 2.35 bits per heavy atom. The number of hydrogen-bond acceptors (Lipinski definition) is 7. The van der Waals surface area contributed by atoms with Crippen LogP contribution in [0, 0.1) is 0 Å². The highest BCUT2D eigenvalue weighted by atomic mass is 35.5. The van der Waals surface area contributed by atoms with Crippen molar-refractivity contribution in [2.75, 3.05) is 31.9 Å². The lowest BCUT2D eigenvalue weighted by Crippen LogP contribution is -2.45. The predicted molar refractivity (Wildman–Crippen MR) is 112 cm³/mol. The number of nitrogens with zero attached hydrogens (tertiary/aromatic N) is 4. The van der Waals surface area contributed by atoms with E-state index in [4.69, 9.17) is 10.7 Å². The summed E-state index contributed by atoms with van der Waals surface area (Å²) in [6.07, 6.45) is 1.90. The summed E-state index contributed by atoms with van der Waals surface area (Å²) < 4.78 is 0. The molecule has 0 unspecified atom stereocenters. The van der Waals surface area contributed by atoms with Crippen LogP contribution in [0.2, 0.25) is 0 Å². The van der Waals surface area contributed by atoms with Crippen LogP contribution in [0.15, 0.2) is 41.9 Å². The van der Waals surface area contributed by atoms with E-state index in [-0.39, 0.29) is 12.4 Å². The standard InChI is InChI=1S/C18H21N5S2.ClH/c19-18-20-10-16(25-18)12-23-8-6-22(7-9-23)11-15-13-24-17(21-15)14-4-2-1-3-5-14;/h1-5,10,13H,6-9,11-12H2,(H2,19,20);1H. The molecule has 0 bridgehead atoms. The number of rotatable bonds is 5. The van der Waals surface area contributed by atoms with E-state index >= 15 is 0 Å². The number of benzene rings is 1. The van der Waals surface area contributed by atoms with Gasteiger partial charge in [0.2, 0.25) is 0 Å². The summed E-state index contributed by atoms with van der Waals surface area (Å²) in [5, 5.41) is 3.96. The van der Waals surface area contributed by atoms with Gasteiger partial charge in [-0.1, -0.05) is 30.3 Å². The summed E-state index contributed by atoms with van der Waals surface area (Å²) >= 11 is 3.32. The third-order valence-electron chi connectivity index (χ3n) is 4.37. The Morgan fingerprint density at radius 2 is 1.69 bits per heavy atom. The van der Waals surface area contributed by atoms with Gasteiger partial charge in [0.05, 0.1) is 5.69 Å². The third kappa shape index (κ3) is 4.81. The Balaban J connectivity index is 0.00000196. The molecule has 0 atom stereocenters. The van der Waals surface area contributed by atoms with Crippen molar-refractivity contribution in [3.8, 4) is 10.6 Å². The average Bonchev–Trinajstić information content (AvgIpc) is 3.27. The number of piperazine rings is 1. The molecule has 0 radical (unpaired) electrons. The number of halogens is 1. The molecule has 3 heterocycles. The fraction of sp³-hybridized carbons (Fsp3) is 0.333. The fourth-order valence-corrected chi connectivity index (χ4v) is 4.59. The zero-order valence-corrected chi connectivity index (χ0v) is 16.8. The summed E-state index contributed by atoms with van der Waals surface area (Å²) in [5.74, 6) is 0. The van der Waals surface area contributed by atoms with Gasteiger partial charge in [-0.2, -0.15) is 0 Å². The van der Waals surface area contributed by atoms with E-state index in [1.807, 2.05) is 12.3 Å². The van der Waals surface area contributed by atoms with Gasteiger partial charge in [0.1, 0.15) is 5.01 Å². The molecule has 8 heteroatoms. The molecule has 0 spiro atoms. The van der Waals surface area contributed by atoms with Gasteiger partial charge >= 0.3 is 0 Å².